The Morgan fingerprint density at radius 2 is 1.72 bits per heavy atom. The lowest BCUT2D eigenvalue weighted by Gasteiger charge is -2.25. The van der Waals surface area contributed by atoms with Gasteiger partial charge in [-0.2, -0.15) is 0 Å². The fourth-order valence-electron chi connectivity index (χ4n) is 2.30. The van der Waals surface area contributed by atoms with Crippen LogP contribution in [0.1, 0.15) is 50.9 Å². The van der Waals surface area contributed by atoms with Crippen LogP contribution < -0.4 is 10.6 Å². The Bertz CT molecular complexity index is 579. The van der Waals surface area contributed by atoms with Gasteiger partial charge in [0.2, 0.25) is 11.8 Å². The second kappa shape index (κ2) is 9.81. The highest BCUT2D eigenvalue weighted by Gasteiger charge is 2.19. The fourth-order valence-corrected chi connectivity index (χ4v) is 2.30. The van der Waals surface area contributed by atoms with Crippen LogP contribution in [0.5, 0.6) is 0 Å². The van der Waals surface area contributed by atoms with Gasteiger partial charge in [-0.3, -0.25) is 14.4 Å². The van der Waals surface area contributed by atoms with E-state index in [1.54, 1.807) is 24.3 Å². The Labute approximate surface area is 150 Å². The molecular weight excluding hydrogens is 318 g/mol. The van der Waals surface area contributed by atoms with Crippen molar-refractivity contribution in [2.45, 2.75) is 46.1 Å². The number of hydrogen-bond donors (Lipinski definition) is 2. The van der Waals surface area contributed by atoms with E-state index in [0.717, 1.165) is 0 Å². The molecule has 0 fully saturated rings. The third kappa shape index (κ3) is 8.33. The average molecular weight is 347 g/mol. The van der Waals surface area contributed by atoms with Gasteiger partial charge in [-0.25, -0.2) is 0 Å². The molecule has 1 aromatic rings. The zero-order valence-electron chi connectivity index (χ0n) is 15.6. The van der Waals surface area contributed by atoms with Gasteiger partial charge in [-0.15, -0.1) is 0 Å². The lowest BCUT2D eigenvalue weighted by Crippen LogP contribution is -2.47. The summed E-state index contributed by atoms with van der Waals surface area (Å²) < 4.78 is 0. The molecule has 1 rings (SSSR count). The number of carbonyl (C=O) groups is 3. The van der Waals surface area contributed by atoms with Crippen LogP contribution in [0.25, 0.3) is 0 Å². The van der Waals surface area contributed by atoms with Crippen LogP contribution in [0.3, 0.4) is 0 Å². The van der Waals surface area contributed by atoms with Gasteiger partial charge in [-0.1, -0.05) is 18.2 Å². The molecule has 0 saturated heterocycles. The van der Waals surface area contributed by atoms with Gasteiger partial charge < -0.3 is 15.5 Å². The van der Waals surface area contributed by atoms with E-state index in [0.29, 0.717) is 31.5 Å². The molecule has 138 valence electrons. The Morgan fingerprint density at radius 1 is 1.08 bits per heavy atom. The van der Waals surface area contributed by atoms with Gasteiger partial charge in [0.15, 0.2) is 0 Å². The minimum Gasteiger partial charge on any atom is -0.352 e. The standard InChI is InChI=1S/C19H29N3O3/c1-5-22(14-16(23)21-19(2,3)4)17(24)12-9-13-20-18(25)15-10-7-6-8-11-15/h6-8,10-11H,5,9,12-14H2,1-4H3,(H,20,25)(H,21,23). The average Bonchev–Trinajstić information content (AvgIpc) is 2.55. The summed E-state index contributed by atoms with van der Waals surface area (Å²) in [6.45, 7) is 8.51. The molecule has 0 unspecified atom stereocenters. The van der Waals surface area contributed by atoms with Crippen molar-refractivity contribution in [3.05, 3.63) is 35.9 Å². The molecule has 0 atom stereocenters. The second-order valence-corrected chi connectivity index (χ2v) is 6.93. The van der Waals surface area contributed by atoms with E-state index in [4.69, 9.17) is 0 Å². The summed E-state index contributed by atoms with van der Waals surface area (Å²) in [7, 11) is 0. The molecule has 1 aromatic carbocycles. The first-order chi connectivity index (χ1) is 11.7. The van der Waals surface area contributed by atoms with Crippen molar-refractivity contribution in [3.63, 3.8) is 0 Å². The van der Waals surface area contributed by atoms with Crippen LogP contribution >= 0.6 is 0 Å². The molecule has 0 aromatic heterocycles. The van der Waals surface area contributed by atoms with Crippen molar-refractivity contribution < 1.29 is 14.4 Å². The van der Waals surface area contributed by atoms with Crippen molar-refractivity contribution in [3.8, 4) is 0 Å². The Hall–Kier alpha value is -2.37. The SMILES string of the molecule is CCN(CC(=O)NC(C)(C)C)C(=O)CCCNC(=O)c1ccccc1. The maximum absolute atomic E-state index is 12.2. The summed E-state index contributed by atoms with van der Waals surface area (Å²) in [6.07, 6.45) is 0.834. The minimum absolute atomic E-state index is 0.0585. The van der Waals surface area contributed by atoms with Crippen molar-refractivity contribution in [2.75, 3.05) is 19.6 Å². The van der Waals surface area contributed by atoms with Crippen molar-refractivity contribution in [1.82, 2.24) is 15.5 Å². The van der Waals surface area contributed by atoms with E-state index in [2.05, 4.69) is 10.6 Å². The Balaban J connectivity index is 2.34. The van der Waals surface area contributed by atoms with Crippen molar-refractivity contribution >= 4 is 17.7 Å². The number of nitrogens with one attached hydrogen (secondary N) is 2. The quantitative estimate of drug-likeness (QED) is 0.706. The third-order valence-corrected chi connectivity index (χ3v) is 3.47. The summed E-state index contributed by atoms with van der Waals surface area (Å²) in [4.78, 5) is 37.6. The van der Waals surface area contributed by atoms with E-state index >= 15 is 0 Å². The lowest BCUT2D eigenvalue weighted by molar-refractivity contribution is -0.136. The number of rotatable bonds is 8. The fraction of sp³-hybridized carbons (Fsp3) is 0.526. The molecular formula is C19H29N3O3. The second-order valence-electron chi connectivity index (χ2n) is 6.93. The monoisotopic (exact) mass is 347 g/mol. The molecule has 0 aliphatic carbocycles. The normalized spacial score (nSPS) is 10.9. The van der Waals surface area contributed by atoms with E-state index in [1.165, 1.54) is 4.90 Å². The van der Waals surface area contributed by atoms with E-state index in [-0.39, 0.29) is 29.8 Å². The summed E-state index contributed by atoms with van der Waals surface area (Å²) in [6, 6.07) is 8.95. The molecule has 25 heavy (non-hydrogen) atoms. The van der Waals surface area contributed by atoms with Gasteiger partial charge in [0, 0.05) is 30.6 Å². The number of benzene rings is 1. The first-order valence-corrected chi connectivity index (χ1v) is 8.65. The number of amides is 3. The third-order valence-electron chi connectivity index (χ3n) is 3.47. The number of nitrogens with zero attached hydrogens (tertiary/aromatic N) is 1. The Kier molecular flexibility index (Phi) is 8.11. The Morgan fingerprint density at radius 3 is 2.28 bits per heavy atom. The lowest BCUT2D eigenvalue weighted by atomic mass is 10.1. The van der Waals surface area contributed by atoms with Gasteiger partial charge >= 0.3 is 0 Å². The highest BCUT2D eigenvalue weighted by atomic mass is 16.2. The number of likely N-dealkylation sites (N-methyl/N-ethyl adjacent to an activating group) is 1. The van der Waals surface area contributed by atoms with Crippen LogP contribution in [0.2, 0.25) is 0 Å². The smallest absolute Gasteiger partial charge is 0.251 e. The molecule has 0 saturated carbocycles. The summed E-state index contributed by atoms with van der Waals surface area (Å²) in [5.74, 6) is -0.398. The van der Waals surface area contributed by atoms with Crippen LogP contribution in [-0.4, -0.2) is 47.8 Å². The minimum atomic E-state index is -0.318. The zero-order valence-corrected chi connectivity index (χ0v) is 15.6. The van der Waals surface area contributed by atoms with Crippen LogP contribution in [0.15, 0.2) is 30.3 Å². The highest BCUT2D eigenvalue weighted by molar-refractivity contribution is 5.94. The summed E-state index contributed by atoms with van der Waals surface area (Å²) in [5.41, 5.74) is 0.282. The van der Waals surface area contributed by atoms with Gasteiger partial charge in [-0.05, 0) is 46.2 Å². The van der Waals surface area contributed by atoms with Gasteiger partial charge in [0.25, 0.3) is 5.91 Å². The van der Waals surface area contributed by atoms with E-state index < -0.39 is 0 Å². The largest absolute Gasteiger partial charge is 0.352 e. The molecule has 0 aliphatic heterocycles. The van der Waals surface area contributed by atoms with Crippen LogP contribution in [-0.2, 0) is 9.59 Å². The first-order valence-electron chi connectivity index (χ1n) is 8.65. The first kappa shape index (κ1) is 20.7. The molecule has 6 heteroatoms. The topological polar surface area (TPSA) is 78.5 Å². The van der Waals surface area contributed by atoms with E-state index in [9.17, 15) is 14.4 Å². The van der Waals surface area contributed by atoms with Gasteiger partial charge in [0.05, 0.1) is 6.54 Å². The molecule has 0 spiro atoms. The number of carbonyl (C=O) groups excluding carboxylic acids is 3. The summed E-state index contributed by atoms with van der Waals surface area (Å²) >= 11 is 0. The molecule has 0 aliphatic rings. The molecule has 0 bridgehead atoms. The summed E-state index contributed by atoms with van der Waals surface area (Å²) in [5, 5.41) is 5.64. The molecule has 0 radical (unpaired) electrons. The van der Waals surface area contributed by atoms with Crippen LogP contribution in [0.4, 0.5) is 0 Å². The maximum atomic E-state index is 12.2. The zero-order chi connectivity index (χ0) is 18.9. The highest BCUT2D eigenvalue weighted by Crippen LogP contribution is 2.02. The molecule has 3 amide bonds. The molecule has 6 nitrogen and oxygen atoms in total. The van der Waals surface area contributed by atoms with Crippen molar-refractivity contribution in [1.29, 1.82) is 0 Å². The number of hydrogen-bond acceptors (Lipinski definition) is 3. The predicted octanol–water partition coefficient (Wildman–Crippen LogP) is 1.96. The van der Waals surface area contributed by atoms with Crippen molar-refractivity contribution in [2.24, 2.45) is 0 Å². The van der Waals surface area contributed by atoms with Gasteiger partial charge in [0.1, 0.15) is 0 Å². The van der Waals surface area contributed by atoms with Crippen LogP contribution in [0, 0.1) is 0 Å². The molecule has 2 N–H and O–H groups in total. The maximum Gasteiger partial charge on any atom is 0.251 e. The van der Waals surface area contributed by atoms with E-state index in [1.807, 2.05) is 33.8 Å². The predicted molar refractivity (Wildman–Crippen MR) is 98.2 cm³/mol. The molecule has 0 heterocycles.